The molecule has 0 spiro atoms. The summed E-state index contributed by atoms with van der Waals surface area (Å²) in [6, 6.07) is 6.06. The van der Waals surface area contributed by atoms with Crippen LogP contribution in [0, 0.1) is 5.92 Å². The van der Waals surface area contributed by atoms with Crippen molar-refractivity contribution in [2.45, 2.75) is 81.3 Å². The van der Waals surface area contributed by atoms with Crippen LogP contribution in [0.2, 0.25) is 0 Å². The number of hydrogen-bond acceptors (Lipinski definition) is 6. The fraction of sp³-hybridized carbons (Fsp3) is 0.667. The first-order valence-electron chi connectivity index (χ1n) is 13.5. The molecule has 5 heterocycles. The van der Waals surface area contributed by atoms with E-state index in [4.69, 9.17) is 0 Å². The summed E-state index contributed by atoms with van der Waals surface area (Å²) in [5.41, 5.74) is 1.74. The molecule has 3 amide bonds. The summed E-state index contributed by atoms with van der Waals surface area (Å²) in [5, 5.41) is 6.19. The smallest absolute Gasteiger partial charge is 0.255 e. The normalized spacial score (nSPS) is 27.9. The van der Waals surface area contributed by atoms with Gasteiger partial charge in [0.25, 0.3) is 5.91 Å². The molecule has 0 saturated carbocycles. The van der Waals surface area contributed by atoms with E-state index in [-0.39, 0.29) is 24.1 Å². The van der Waals surface area contributed by atoms with Crippen LogP contribution in [0.4, 0.5) is 0 Å². The molecule has 4 fully saturated rings. The summed E-state index contributed by atoms with van der Waals surface area (Å²) >= 11 is 1.82. The second-order valence-electron chi connectivity index (χ2n) is 10.5. The van der Waals surface area contributed by atoms with Crippen molar-refractivity contribution in [1.29, 1.82) is 0 Å². The van der Waals surface area contributed by atoms with Crippen molar-refractivity contribution in [2.24, 2.45) is 5.92 Å². The Morgan fingerprint density at radius 1 is 1.00 bits per heavy atom. The molecule has 0 aliphatic carbocycles. The first-order chi connectivity index (χ1) is 17.1. The number of nitrogens with zero attached hydrogens (tertiary/aromatic N) is 2. The first-order valence-corrected chi connectivity index (χ1v) is 14.4. The van der Waals surface area contributed by atoms with Crippen LogP contribution in [0.15, 0.2) is 23.1 Å². The number of unbranched alkanes of at least 4 members (excludes halogenated alkanes) is 4. The first kappa shape index (κ1) is 24.8. The van der Waals surface area contributed by atoms with Crippen molar-refractivity contribution in [3.63, 3.8) is 0 Å². The van der Waals surface area contributed by atoms with Crippen molar-refractivity contribution in [2.75, 3.05) is 31.9 Å². The number of fused-ring (bicyclic) bond motifs is 4. The van der Waals surface area contributed by atoms with Crippen LogP contribution in [0.1, 0.15) is 73.7 Å². The minimum atomic E-state index is -0.550. The fourth-order valence-electron chi connectivity index (χ4n) is 6.12. The van der Waals surface area contributed by atoms with Gasteiger partial charge in [0.1, 0.15) is 6.04 Å². The van der Waals surface area contributed by atoms with Gasteiger partial charge in [-0.3, -0.25) is 19.7 Å². The molecule has 5 aliphatic rings. The van der Waals surface area contributed by atoms with E-state index in [1.807, 2.05) is 23.9 Å². The predicted octanol–water partition coefficient (Wildman–Crippen LogP) is 3.17. The second kappa shape index (κ2) is 11.4. The lowest BCUT2D eigenvalue weighted by Gasteiger charge is -2.45. The Labute approximate surface area is 212 Å². The van der Waals surface area contributed by atoms with Crippen LogP contribution in [-0.4, -0.2) is 71.5 Å². The molecule has 0 radical (unpaired) electrons. The van der Waals surface area contributed by atoms with Gasteiger partial charge in [0.05, 0.1) is 0 Å². The Bertz CT molecular complexity index is 946. The zero-order chi connectivity index (χ0) is 24.2. The van der Waals surface area contributed by atoms with E-state index in [0.29, 0.717) is 18.5 Å². The van der Waals surface area contributed by atoms with E-state index in [1.165, 1.54) is 64.6 Å². The molecule has 2 unspecified atom stereocenters. The van der Waals surface area contributed by atoms with Crippen LogP contribution >= 0.6 is 11.8 Å². The Morgan fingerprint density at radius 2 is 1.80 bits per heavy atom. The number of benzene rings is 1. The van der Waals surface area contributed by atoms with Gasteiger partial charge in [-0.25, -0.2) is 0 Å². The number of rotatable bonds is 11. The molecule has 4 saturated heterocycles. The Kier molecular flexibility index (Phi) is 8.10. The number of carbonyl (C=O) groups excluding carboxylic acids is 3. The van der Waals surface area contributed by atoms with E-state index in [9.17, 15) is 14.4 Å². The molecule has 2 bridgehead atoms. The van der Waals surface area contributed by atoms with Crippen LogP contribution in [0.3, 0.4) is 0 Å². The molecule has 35 heavy (non-hydrogen) atoms. The van der Waals surface area contributed by atoms with Crippen molar-refractivity contribution in [3.05, 3.63) is 29.3 Å². The maximum atomic E-state index is 13.0. The lowest BCUT2D eigenvalue weighted by atomic mass is 9.84. The van der Waals surface area contributed by atoms with Crippen molar-refractivity contribution in [3.8, 4) is 0 Å². The quantitative estimate of drug-likeness (QED) is 0.277. The largest absolute Gasteiger partial charge is 0.322 e. The van der Waals surface area contributed by atoms with E-state index < -0.39 is 6.04 Å². The van der Waals surface area contributed by atoms with Gasteiger partial charge >= 0.3 is 0 Å². The molecule has 1 aromatic rings. The van der Waals surface area contributed by atoms with E-state index in [2.05, 4.69) is 21.6 Å². The van der Waals surface area contributed by atoms with Gasteiger partial charge in [0.2, 0.25) is 11.8 Å². The number of nitrogens with one attached hydrogen (secondary N) is 2. The van der Waals surface area contributed by atoms with Crippen LogP contribution in [0.25, 0.3) is 0 Å². The van der Waals surface area contributed by atoms with E-state index in [0.717, 1.165) is 34.7 Å². The third-order valence-electron chi connectivity index (χ3n) is 8.18. The Balaban J connectivity index is 0.995. The number of carbonyl (C=O) groups is 3. The summed E-state index contributed by atoms with van der Waals surface area (Å²) < 4.78 is 0. The number of hydrogen-bond donors (Lipinski definition) is 2. The number of piperidine rings is 4. The molecule has 6 rings (SSSR count). The molecule has 1 aromatic carbocycles. The van der Waals surface area contributed by atoms with Gasteiger partial charge < -0.3 is 15.1 Å². The number of thioether (sulfide) groups is 1. The third kappa shape index (κ3) is 5.75. The van der Waals surface area contributed by atoms with Crippen LogP contribution < -0.4 is 10.6 Å². The van der Waals surface area contributed by atoms with Gasteiger partial charge in [0.15, 0.2) is 0 Å². The van der Waals surface area contributed by atoms with Gasteiger partial charge in [-0.05, 0) is 81.1 Å². The Hall–Kier alpha value is -1.90. The van der Waals surface area contributed by atoms with Crippen LogP contribution in [-0.2, 0) is 16.1 Å². The topological polar surface area (TPSA) is 81.8 Å². The maximum Gasteiger partial charge on any atom is 0.255 e. The van der Waals surface area contributed by atoms with E-state index in [1.54, 1.807) is 4.90 Å². The SMILES string of the molecule is O=C1CCC(N2Cc3c(SCCCCCCCNC4CN5CCC4CC5)cccc3C2=O)C(=O)N1. The highest BCUT2D eigenvalue weighted by atomic mass is 32.2. The van der Waals surface area contributed by atoms with Gasteiger partial charge in [-0.2, -0.15) is 0 Å². The van der Waals surface area contributed by atoms with Crippen molar-refractivity contribution in [1.82, 2.24) is 20.4 Å². The predicted molar refractivity (Wildman–Crippen MR) is 137 cm³/mol. The standard InChI is InChI=1S/C27H38N4O3S/c32-25-10-9-23(26(33)29-25)31-17-21-20(27(31)34)7-6-8-24(21)35-16-5-3-1-2-4-13-28-22-18-30-14-11-19(22)12-15-30/h6-8,19,22-23,28H,1-5,9-18H2,(H,29,32,33). The molecule has 8 heteroatoms. The van der Waals surface area contributed by atoms with Crippen LogP contribution in [0.5, 0.6) is 0 Å². The molecular weight excluding hydrogens is 460 g/mol. The molecule has 5 aliphatic heterocycles. The van der Waals surface area contributed by atoms with Crippen molar-refractivity contribution >= 4 is 29.5 Å². The monoisotopic (exact) mass is 498 g/mol. The fourth-order valence-corrected chi connectivity index (χ4v) is 7.21. The highest BCUT2D eigenvalue weighted by molar-refractivity contribution is 7.99. The highest BCUT2D eigenvalue weighted by Crippen LogP contribution is 2.34. The average molecular weight is 499 g/mol. The molecule has 2 N–H and O–H groups in total. The Morgan fingerprint density at radius 3 is 2.57 bits per heavy atom. The summed E-state index contributed by atoms with van der Waals surface area (Å²) in [5.74, 6) is 1.25. The maximum absolute atomic E-state index is 13.0. The average Bonchev–Trinajstić information content (AvgIpc) is 3.20. The third-order valence-corrected chi connectivity index (χ3v) is 9.37. The zero-order valence-corrected chi connectivity index (χ0v) is 21.4. The number of imide groups is 1. The lowest BCUT2D eigenvalue weighted by Crippen LogP contribution is -2.56. The molecule has 0 aromatic heterocycles. The van der Waals surface area contributed by atoms with E-state index >= 15 is 0 Å². The van der Waals surface area contributed by atoms with Crippen molar-refractivity contribution < 1.29 is 14.4 Å². The summed E-state index contributed by atoms with van der Waals surface area (Å²) in [7, 11) is 0. The molecule has 190 valence electrons. The summed E-state index contributed by atoms with van der Waals surface area (Å²) in [6.07, 6.45) is 9.68. The minimum Gasteiger partial charge on any atom is -0.322 e. The molecule has 7 nitrogen and oxygen atoms in total. The van der Waals surface area contributed by atoms with Gasteiger partial charge in [-0.15, -0.1) is 11.8 Å². The molecular formula is C27H38N4O3S. The summed E-state index contributed by atoms with van der Waals surface area (Å²) in [6.45, 7) is 5.47. The minimum absolute atomic E-state index is 0.0937. The van der Waals surface area contributed by atoms with Gasteiger partial charge in [0, 0.05) is 36.0 Å². The van der Waals surface area contributed by atoms with Gasteiger partial charge in [-0.1, -0.05) is 25.3 Å². The lowest BCUT2D eigenvalue weighted by molar-refractivity contribution is -0.136. The highest BCUT2D eigenvalue weighted by Gasteiger charge is 2.39. The second-order valence-corrected chi connectivity index (χ2v) is 11.6. The molecule has 2 atom stereocenters. The zero-order valence-electron chi connectivity index (χ0n) is 20.6. The summed E-state index contributed by atoms with van der Waals surface area (Å²) in [4.78, 5) is 42.1. The number of amides is 3.